The van der Waals surface area contributed by atoms with Crippen LogP contribution in [0.5, 0.6) is 0 Å². The summed E-state index contributed by atoms with van der Waals surface area (Å²) in [6, 6.07) is -1.28. The molecule has 208 valence electrons. The molecule has 17 nitrogen and oxygen atoms in total. The normalized spacial score (nSPS) is 31.7. The van der Waals surface area contributed by atoms with E-state index in [9.17, 15) is 34.8 Å². The maximum atomic E-state index is 12.1. The lowest BCUT2D eigenvalue weighted by Gasteiger charge is -2.40. The number of nitrogens with zero attached hydrogens (tertiary/aromatic N) is 3. The summed E-state index contributed by atoms with van der Waals surface area (Å²) >= 11 is 0. The smallest absolute Gasteiger partial charge is 0.288 e. The summed E-state index contributed by atoms with van der Waals surface area (Å²) in [5.74, 6) is -1.99. The molecule has 3 heterocycles. The number of amides is 3. The average Bonchev–Trinajstić information content (AvgIpc) is 3.49. The monoisotopic (exact) mass is 532 g/mol. The van der Waals surface area contributed by atoms with Crippen molar-refractivity contribution in [1.29, 1.82) is 0 Å². The lowest BCUT2D eigenvalue weighted by molar-refractivity contribution is -0.253. The van der Waals surface area contributed by atoms with Crippen LogP contribution in [0.15, 0.2) is 6.33 Å². The molecule has 3 rings (SSSR count). The summed E-state index contributed by atoms with van der Waals surface area (Å²) < 4.78 is 17.2. The fourth-order valence-electron chi connectivity index (χ4n) is 3.86. The van der Waals surface area contributed by atoms with Crippen molar-refractivity contribution in [1.82, 2.24) is 25.4 Å². The molecule has 0 aromatic carbocycles. The molecular formula is C20H32N6O11. The van der Waals surface area contributed by atoms with Crippen LogP contribution in [0, 0.1) is 0 Å². The molecule has 17 heteroatoms. The van der Waals surface area contributed by atoms with Crippen molar-refractivity contribution in [2.45, 2.75) is 68.3 Å². The van der Waals surface area contributed by atoms with Crippen molar-refractivity contribution >= 4 is 17.7 Å². The number of nitrogens with two attached hydrogens (primary N) is 1. The van der Waals surface area contributed by atoms with Gasteiger partial charge < -0.3 is 56.1 Å². The van der Waals surface area contributed by atoms with Gasteiger partial charge in [0.05, 0.1) is 19.3 Å². The minimum absolute atomic E-state index is 0.0557. The van der Waals surface area contributed by atoms with Crippen LogP contribution in [-0.4, -0.2) is 127 Å². The molecule has 0 saturated carbocycles. The van der Waals surface area contributed by atoms with E-state index in [2.05, 4.69) is 20.7 Å². The molecule has 2 fully saturated rings. The zero-order chi connectivity index (χ0) is 27.1. The highest BCUT2D eigenvalue weighted by Gasteiger charge is 2.44. The predicted octanol–water partition coefficient (Wildman–Crippen LogP) is -5.15. The topological polar surface area (TPSA) is 261 Å². The third-order valence-electron chi connectivity index (χ3n) is 5.87. The molecule has 9 N–H and O–H groups in total. The zero-order valence-corrected chi connectivity index (χ0v) is 19.8. The number of aliphatic hydroxyl groups excluding tert-OH is 5. The number of hydrogen-bond donors (Lipinski definition) is 8. The predicted molar refractivity (Wildman–Crippen MR) is 118 cm³/mol. The van der Waals surface area contributed by atoms with E-state index in [0.717, 1.165) is 0 Å². The summed E-state index contributed by atoms with van der Waals surface area (Å²) in [4.78, 5) is 38.9. The Kier molecular flexibility index (Phi) is 10.2. The number of primary amides is 1. The maximum absolute atomic E-state index is 12.1. The van der Waals surface area contributed by atoms with Gasteiger partial charge in [0.2, 0.25) is 17.6 Å². The van der Waals surface area contributed by atoms with Crippen LogP contribution in [0.2, 0.25) is 0 Å². The number of ether oxygens (including phenoxy) is 3. The van der Waals surface area contributed by atoms with Crippen LogP contribution >= 0.6 is 0 Å². The van der Waals surface area contributed by atoms with E-state index in [0.29, 0.717) is 0 Å². The van der Waals surface area contributed by atoms with Crippen LogP contribution in [0.1, 0.15) is 36.1 Å². The third-order valence-corrected chi connectivity index (χ3v) is 5.87. The van der Waals surface area contributed by atoms with Crippen LogP contribution in [-0.2, 0) is 23.8 Å². The van der Waals surface area contributed by atoms with Crippen molar-refractivity contribution in [2.24, 2.45) is 5.73 Å². The lowest BCUT2D eigenvalue weighted by atomic mass is 9.97. The summed E-state index contributed by atoms with van der Waals surface area (Å²) in [5.41, 5.74) is 5.11. The summed E-state index contributed by atoms with van der Waals surface area (Å²) in [5, 5.41) is 57.8. The molecule has 6 unspecified atom stereocenters. The Morgan fingerprint density at radius 2 is 1.89 bits per heavy atom. The molecule has 2 aliphatic rings. The largest absolute Gasteiger partial charge is 0.394 e. The van der Waals surface area contributed by atoms with E-state index in [1.165, 1.54) is 11.0 Å². The molecule has 0 spiro atoms. The van der Waals surface area contributed by atoms with E-state index in [-0.39, 0.29) is 44.8 Å². The summed E-state index contributed by atoms with van der Waals surface area (Å²) in [6.45, 7) is -0.880. The van der Waals surface area contributed by atoms with Gasteiger partial charge in [0.15, 0.2) is 12.5 Å². The Hall–Kier alpha value is -2.77. The Balaban J connectivity index is 1.29. The van der Waals surface area contributed by atoms with Gasteiger partial charge in [0.1, 0.15) is 43.4 Å². The zero-order valence-electron chi connectivity index (χ0n) is 19.8. The molecule has 2 saturated heterocycles. The highest BCUT2D eigenvalue weighted by molar-refractivity contribution is 5.88. The third kappa shape index (κ3) is 7.62. The molecule has 3 amide bonds. The van der Waals surface area contributed by atoms with Crippen LogP contribution < -0.4 is 16.4 Å². The van der Waals surface area contributed by atoms with Gasteiger partial charge in [0, 0.05) is 19.4 Å². The van der Waals surface area contributed by atoms with Crippen molar-refractivity contribution in [3.63, 3.8) is 0 Å². The number of hydrogen-bond acceptors (Lipinski definition) is 13. The summed E-state index contributed by atoms with van der Waals surface area (Å²) in [6.07, 6.45) is -6.51. The van der Waals surface area contributed by atoms with Gasteiger partial charge in [-0.25, -0.2) is 9.67 Å². The fraction of sp³-hybridized carbons (Fsp3) is 0.750. The van der Waals surface area contributed by atoms with E-state index in [1.807, 2.05) is 0 Å². The summed E-state index contributed by atoms with van der Waals surface area (Å²) in [7, 11) is 0. The number of carbonyl (C=O) groups is 3. The van der Waals surface area contributed by atoms with Gasteiger partial charge in [0.25, 0.3) is 5.91 Å². The lowest BCUT2D eigenvalue weighted by Crippen LogP contribution is -2.64. The Bertz CT molecular complexity index is 932. The highest BCUT2D eigenvalue weighted by Crippen LogP contribution is 2.28. The molecule has 1 aromatic rings. The molecule has 37 heavy (non-hydrogen) atoms. The average molecular weight is 533 g/mol. The van der Waals surface area contributed by atoms with Gasteiger partial charge in [-0.05, 0) is 6.42 Å². The maximum Gasteiger partial charge on any atom is 0.288 e. The first-order valence-corrected chi connectivity index (χ1v) is 11.6. The van der Waals surface area contributed by atoms with Gasteiger partial charge >= 0.3 is 0 Å². The molecule has 1 aromatic heterocycles. The van der Waals surface area contributed by atoms with Crippen molar-refractivity contribution < 1.29 is 54.1 Å². The van der Waals surface area contributed by atoms with Gasteiger partial charge in [-0.15, -0.1) is 5.10 Å². The second kappa shape index (κ2) is 13.2. The Labute approximate surface area is 210 Å². The number of aromatic nitrogens is 3. The second-order valence-corrected chi connectivity index (χ2v) is 8.64. The van der Waals surface area contributed by atoms with Gasteiger partial charge in [-0.1, -0.05) is 0 Å². The Morgan fingerprint density at radius 1 is 1.14 bits per heavy atom. The fourth-order valence-corrected chi connectivity index (χ4v) is 3.86. The van der Waals surface area contributed by atoms with E-state index < -0.39 is 73.4 Å². The Morgan fingerprint density at radius 3 is 2.57 bits per heavy atom. The number of carbonyl (C=O) groups excluding carboxylic acids is 3. The second-order valence-electron chi connectivity index (χ2n) is 8.64. The number of rotatable bonds is 12. The molecule has 0 radical (unpaired) electrons. The molecular weight excluding hydrogens is 500 g/mol. The van der Waals surface area contributed by atoms with Crippen molar-refractivity contribution in [3.8, 4) is 0 Å². The van der Waals surface area contributed by atoms with E-state index >= 15 is 0 Å². The van der Waals surface area contributed by atoms with E-state index in [4.69, 9.17) is 25.1 Å². The quantitative estimate of drug-likeness (QED) is 0.117. The first kappa shape index (κ1) is 28.8. The molecule has 0 aliphatic carbocycles. The minimum Gasteiger partial charge on any atom is -0.394 e. The van der Waals surface area contributed by atoms with Crippen LogP contribution in [0.4, 0.5) is 0 Å². The van der Waals surface area contributed by atoms with Crippen LogP contribution in [0.3, 0.4) is 0 Å². The molecule has 2 aliphatic heterocycles. The first-order valence-electron chi connectivity index (χ1n) is 11.6. The SMILES string of the molecule is NC(=O)c1ncn(C2C[C@H](O)C(COCC(=O)NCCCC(=O)NC3C(O)C(O)C(CO)O[C@@H]3O)O2)n1. The number of aliphatic hydroxyl groups is 5. The van der Waals surface area contributed by atoms with E-state index in [1.54, 1.807) is 0 Å². The van der Waals surface area contributed by atoms with Crippen LogP contribution in [0.25, 0.3) is 0 Å². The van der Waals surface area contributed by atoms with Gasteiger partial charge in [-0.3, -0.25) is 14.4 Å². The molecule has 8 atom stereocenters. The number of nitrogens with one attached hydrogen (secondary N) is 2. The first-order chi connectivity index (χ1) is 17.6. The van der Waals surface area contributed by atoms with Crippen molar-refractivity contribution in [2.75, 3.05) is 26.4 Å². The molecule has 0 bridgehead atoms. The van der Waals surface area contributed by atoms with Crippen molar-refractivity contribution in [3.05, 3.63) is 12.2 Å². The minimum atomic E-state index is -1.61. The van der Waals surface area contributed by atoms with Gasteiger partial charge in [-0.2, -0.15) is 0 Å². The highest BCUT2D eigenvalue weighted by atomic mass is 16.6. The standard InChI is InChI=1S/C20H32N6O11/c21-18(33)19-23-8-26(25-19)14-4-9(28)11(36-14)6-35-7-13(30)22-3-1-2-12(29)24-15-17(32)16(31)10(5-27)37-20(15)34/h8-11,14-17,20,27-28,31-32,34H,1-7H2,(H2,21,33)(H,22,30)(H,24,29)/t9-,10?,11?,14?,15?,16?,17?,20-/m0/s1.